The molecule has 0 fully saturated rings. The number of nitrogens with one attached hydrogen (secondary N) is 2. The molecule has 2 aromatic carbocycles. The molecular formula is C18H19N3O. The molecule has 0 aliphatic carbocycles. The molecule has 4 N–H and O–H groups in total. The number of hydrogen-bond acceptors (Lipinski definition) is 3. The fraction of sp³-hybridized carbons (Fsp3) is 0.167. The second-order valence-corrected chi connectivity index (χ2v) is 5.67. The molecule has 0 unspecified atom stereocenters. The highest BCUT2D eigenvalue weighted by Gasteiger charge is 2.28. The minimum atomic E-state index is -0.104. The largest absolute Gasteiger partial charge is 0.399 e. The molecule has 0 bridgehead atoms. The van der Waals surface area contributed by atoms with Crippen molar-refractivity contribution in [3.8, 4) is 0 Å². The van der Waals surface area contributed by atoms with Crippen LogP contribution >= 0.6 is 0 Å². The van der Waals surface area contributed by atoms with Crippen molar-refractivity contribution in [3.05, 3.63) is 59.7 Å². The summed E-state index contributed by atoms with van der Waals surface area (Å²) in [6.45, 7) is 4.10. The molecule has 1 amide bonds. The van der Waals surface area contributed by atoms with Gasteiger partial charge in [0.2, 0.25) is 0 Å². The van der Waals surface area contributed by atoms with Crippen LogP contribution in [0.25, 0.3) is 11.3 Å². The first-order chi connectivity index (χ1) is 10.6. The Bertz CT molecular complexity index is 748. The number of benzene rings is 2. The summed E-state index contributed by atoms with van der Waals surface area (Å²) in [6.07, 6.45) is 0. The predicted octanol–water partition coefficient (Wildman–Crippen LogP) is 3.09. The van der Waals surface area contributed by atoms with Crippen LogP contribution in [0.15, 0.2) is 48.5 Å². The number of fused-ring (bicyclic) bond motifs is 1. The molecule has 0 radical (unpaired) electrons. The smallest absolute Gasteiger partial charge is 0.258 e. The van der Waals surface area contributed by atoms with Crippen LogP contribution in [0.4, 0.5) is 11.4 Å². The highest BCUT2D eigenvalue weighted by atomic mass is 16.2. The zero-order chi connectivity index (χ0) is 15.7. The van der Waals surface area contributed by atoms with Crippen LogP contribution in [0, 0.1) is 0 Å². The molecule has 3 rings (SSSR count). The van der Waals surface area contributed by atoms with Gasteiger partial charge >= 0.3 is 0 Å². The molecule has 1 aliphatic heterocycles. The predicted molar refractivity (Wildman–Crippen MR) is 91.0 cm³/mol. The number of nitrogen functional groups attached to an aromatic ring is 1. The number of rotatable bonds is 3. The topological polar surface area (TPSA) is 67.2 Å². The fourth-order valence-electron chi connectivity index (χ4n) is 2.63. The van der Waals surface area contributed by atoms with E-state index in [-0.39, 0.29) is 11.9 Å². The van der Waals surface area contributed by atoms with Crippen LogP contribution in [-0.2, 0) is 4.79 Å². The summed E-state index contributed by atoms with van der Waals surface area (Å²) in [6, 6.07) is 15.6. The van der Waals surface area contributed by atoms with Gasteiger partial charge in [0, 0.05) is 23.0 Å². The molecule has 4 nitrogen and oxygen atoms in total. The van der Waals surface area contributed by atoms with Crippen molar-refractivity contribution < 1.29 is 4.79 Å². The lowest BCUT2D eigenvalue weighted by Gasteiger charge is -2.17. The first-order valence-corrected chi connectivity index (χ1v) is 7.33. The highest BCUT2D eigenvalue weighted by Crippen LogP contribution is 2.37. The summed E-state index contributed by atoms with van der Waals surface area (Å²) in [5.74, 6) is -0.104. The number of carbonyl (C=O) groups excluding carboxylic acids is 1. The summed E-state index contributed by atoms with van der Waals surface area (Å²) >= 11 is 0. The lowest BCUT2D eigenvalue weighted by atomic mass is 9.99. The molecule has 0 saturated heterocycles. The number of carbonyl (C=O) groups is 1. The van der Waals surface area contributed by atoms with E-state index in [1.54, 1.807) is 6.07 Å². The maximum atomic E-state index is 12.5. The van der Waals surface area contributed by atoms with Crippen LogP contribution in [0.3, 0.4) is 0 Å². The third-order valence-electron chi connectivity index (χ3n) is 3.53. The summed E-state index contributed by atoms with van der Waals surface area (Å²) in [5, 5.41) is 6.31. The Kier molecular flexibility index (Phi) is 3.59. The van der Waals surface area contributed by atoms with Crippen molar-refractivity contribution in [1.29, 1.82) is 0 Å². The maximum absolute atomic E-state index is 12.5. The van der Waals surface area contributed by atoms with Gasteiger partial charge < -0.3 is 16.4 Å². The SMILES string of the molecule is CC(C)NC(=C1C(=O)Nc2ccc(N)cc21)c1ccccc1. The summed E-state index contributed by atoms with van der Waals surface area (Å²) in [5.41, 5.74) is 10.6. The van der Waals surface area contributed by atoms with Crippen LogP contribution < -0.4 is 16.4 Å². The first-order valence-electron chi connectivity index (χ1n) is 7.33. The van der Waals surface area contributed by atoms with Gasteiger partial charge in [-0.05, 0) is 37.6 Å². The Morgan fingerprint density at radius 3 is 2.55 bits per heavy atom. The quantitative estimate of drug-likeness (QED) is 0.602. The number of hydrogen-bond donors (Lipinski definition) is 3. The molecule has 4 heteroatoms. The van der Waals surface area contributed by atoms with E-state index in [4.69, 9.17) is 5.73 Å². The average molecular weight is 293 g/mol. The zero-order valence-corrected chi connectivity index (χ0v) is 12.7. The average Bonchev–Trinajstić information content (AvgIpc) is 2.81. The Labute approximate surface area is 130 Å². The van der Waals surface area contributed by atoms with Crippen molar-refractivity contribution in [2.24, 2.45) is 0 Å². The van der Waals surface area contributed by atoms with E-state index in [0.29, 0.717) is 11.3 Å². The van der Waals surface area contributed by atoms with Gasteiger partial charge in [0.05, 0.1) is 11.3 Å². The second kappa shape index (κ2) is 5.56. The standard InChI is InChI=1S/C18H19N3O/c1-11(2)20-17(12-6-4-3-5-7-12)16-14-10-13(19)8-9-15(14)21-18(16)22/h3-11,20H,19H2,1-2H3,(H,21,22). The van der Waals surface area contributed by atoms with Crippen molar-refractivity contribution >= 4 is 28.6 Å². The molecule has 0 saturated carbocycles. The van der Waals surface area contributed by atoms with E-state index >= 15 is 0 Å². The highest BCUT2D eigenvalue weighted by molar-refractivity contribution is 6.36. The van der Waals surface area contributed by atoms with Crippen LogP contribution in [0.2, 0.25) is 0 Å². The molecule has 0 aromatic heterocycles. The summed E-state index contributed by atoms with van der Waals surface area (Å²) < 4.78 is 0. The Hall–Kier alpha value is -2.75. The molecule has 2 aromatic rings. The monoisotopic (exact) mass is 293 g/mol. The van der Waals surface area contributed by atoms with Gasteiger partial charge in [0.15, 0.2) is 0 Å². The van der Waals surface area contributed by atoms with Crippen LogP contribution in [0.1, 0.15) is 25.0 Å². The van der Waals surface area contributed by atoms with E-state index < -0.39 is 0 Å². The van der Waals surface area contributed by atoms with Gasteiger partial charge in [-0.2, -0.15) is 0 Å². The molecule has 0 spiro atoms. The van der Waals surface area contributed by atoms with Crippen molar-refractivity contribution in [3.63, 3.8) is 0 Å². The van der Waals surface area contributed by atoms with E-state index in [9.17, 15) is 4.79 Å². The van der Waals surface area contributed by atoms with E-state index in [2.05, 4.69) is 24.5 Å². The number of anilines is 2. The van der Waals surface area contributed by atoms with Gasteiger partial charge in [-0.3, -0.25) is 4.79 Å². The minimum Gasteiger partial charge on any atom is -0.399 e. The fourth-order valence-corrected chi connectivity index (χ4v) is 2.63. The third-order valence-corrected chi connectivity index (χ3v) is 3.53. The van der Waals surface area contributed by atoms with E-state index in [1.165, 1.54) is 0 Å². The van der Waals surface area contributed by atoms with Gasteiger partial charge in [-0.1, -0.05) is 30.3 Å². The van der Waals surface area contributed by atoms with Crippen LogP contribution in [-0.4, -0.2) is 11.9 Å². The molecule has 22 heavy (non-hydrogen) atoms. The lowest BCUT2D eigenvalue weighted by molar-refractivity contribution is -0.110. The Morgan fingerprint density at radius 1 is 1.14 bits per heavy atom. The first kappa shape index (κ1) is 14.2. The van der Waals surface area contributed by atoms with Crippen LogP contribution in [0.5, 0.6) is 0 Å². The Balaban J connectivity index is 2.23. The van der Waals surface area contributed by atoms with E-state index in [0.717, 1.165) is 22.5 Å². The van der Waals surface area contributed by atoms with E-state index in [1.807, 2.05) is 42.5 Å². The lowest BCUT2D eigenvalue weighted by Crippen LogP contribution is -2.23. The molecule has 1 aliphatic rings. The van der Waals surface area contributed by atoms with Crippen molar-refractivity contribution in [2.45, 2.75) is 19.9 Å². The maximum Gasteiger partial charge on any atom is 0.258 e. The zero-order valence-electron chi connectivity index (χ0n) is 12.7. The number of amides is 1. The van der Waals surface area contributed by atoms with Gasteiger partial charge in [0.1, 0.15) is 0 Å². The molecule has 1 heterocycles. The third kappa shape index (κ3) is 2.55. The molecule has 0 atom stereocenters. The van der Waals surface area contributed by atoms with Gasteiger partial charge in [0.25, 0.3) is 5.91 Å². The Morgan fingerprint density at radius 2 is 1.86 bits per heavy atom. The van der Waals surface area contributed by atoms with Gasteiger partial charge in [-0.15, -0.1) is 0 Å². The van der Waals surface area contributed by atoms with Gasteiger partial charge in [-0.25, -0.2) is 0 Å². The summed E-state index contributed by atoms with van der Waals surface area (Å²) in [7, 11) is 0. The minimum absolute atomic E-state index is 0.104. The van der Waals surface area contributed by atoms with Crippen molar-refractivity contribution in [1.82, 2.24) is 5.32 Å². The second-order valence-electron chi connectivity index (χ2n) is 5.67. The normalized spacial score (nSPS) is 15.5. The molecule has 112 valence electrons. The summed E-state index contributed by atoms with van der Waals surface area (Å²) in [4.78, 5) is 12.5. The molecular weight excluding hydrogens is 274 g/mol. The number of nitrogens with two attached hydrogens (primary N) is 1. The van der Waals surface area contributed by atoms with Crippen molar-refractivity contribution in [2.75, 3.05) is 11.1 Å².